The van der Waals surface area contributed by atoms with E-state index >= 15 is 0 Å². The van der Waals surface area contributed by atoms with Gasteiger partial charge in [0.15, 0.2) is 0 Å². The molecule has 3 aromatic rings. The monoisotopic (exact) mass is 528 g/mol. The van der Waals surface area contributed by atoms with Crippen LogP contribution in [0.5, 0.6) is 0 Å². The van der Waals surface area contributed by atoms with Gasteiger partial charge in [-0.1, -0.05) is 120 Å². The van der Waals surface area contributed by atoms with E-state index in [1.54, 1.807) is 0 Å². The third-order valence-corrected chi connectivity index (χ3v) is 7.84. The second-order valence-corrected chi connectivity index (χ2v) is 13.0. The van der Waals surface area contributed by atoms with Gasteiger partial charge in [-0.15, -0.1) is 0 Å². The summed E-state index contributed by atoms with van der Waals surface area (Å²) in [6.45, 7) is 15.2. The Bertz CT molecular complexity index is 1120. The van der Waals surface area contributed by atoms with E-state index in [0.29, 0.717) is 5.17 Å². The van der Waals surface area contributed by atoms with Gasteiger partial charge in [-0.3, -0.25) is 0 Å². The highest BCUT2D eigenvalue weighted by atomic mass is 32.1. The molecule has 0 aromatic heterocycles. The zero-order chi connectivity index (χ0) is 27.3. The largest absolute Gasteiger partial charge is 0.466 e. The fourth-order valence-corrected chi connectivity index (χ4v) is 5.50. The lowest BCUT2D eigenvalue weighted by Gasteiger charge is -2.27. The molecule has 38 heavy (non-hydrogen) atoms. The first-order valence-electron chi connectivity index (χ1n) is 13.9. The Kier molecular flexibility index (Phi) is 8.95. The molecule has 3 aromatic carbocycles. The van der Waals surface area contributed by atoms with Crippen LogP contribution in [0.1, 0.15) is 81.7 Å². The van der Waals surface area contributed by atoms with Gasteiger partial charge in [0, 0.05) is 31.5 Å². The molecule has 1 heterocycles. The van der Waals surface area contributed by atoms with Crippen LogP contribution < -0.4 is 10.6 Å². The summed E-state index contributed by atoms with van der Waals surface area (Å²) >= 11 is 5.53. The molecule has 1 saturated heterocycles. The molecule has 0 saturated carbocycles. The van der Waals surface area contributed by atoms with Crippen LogP contribution in [-0.4, -0.2) is 30.4 Å². The number of rotatable bonds is 7. The van der Waals surface area contributed by atoms with Crippen molar-refractivity contribution in [3.05, 3.63) is 107 Å². The molecule has 0 amide bonds. The molecule has 3 nitrogen and oxygen atoms in total. The summed E-state index contributed by atoms with van der Waals surface area (Å²) in [5.74, 6) is 0.242. The number of ether oxygens (including phenoxy) is 1. The summed E-state index contributed by atoms with van der Waals surface area (Å²) in [6.07, 6.45) is 1.89. The number of hydrogen-bond acceptors (Lipinski definition) is 3. The zero-order valence-electron chi connectivity index (χ0n) is 23.9. The van der Waals surface area contributed by atoms with E-state index in [1.807, 2.05) is 6.07 Å². The van der Waals surface area contributed by atoms with E-state index in [-0.39, 0.29) is 28.9 Å². The SMILES string of the molecule is CC(C)(C)c1ccc(C(c2ccc(C(C)(C)C)cc2)C2C[C@@H](OC(=S)NCCc3ccccc3)CN2)cc1. The van der Waals surface area contributed by atoms with Crippen molar-refractivity contribution in [2.75, 3.05) is 13.1 Å². The van der Waals surface area contributed by atoms with Crippen LogP contribution in [0.15, 0.2) is 78.9 Å². The molecule has 1 unspecified atom stereocenters. The molecule has 1 aliphatic rings. The molecule has 0 radical (unpaired) electrons. The highest BCUT2D eigenvalue weighted by Gasteiger charge is 2.34. The van der Waals surface area contributed by atoms with Gasteiger partial charge < -0.3 is 15.4 Å². The minimum Gasteiger partial charge on any atom is -0.466 e. The normalized spacial score (nSPS) is 18.0. The van der Waals surface area contributed by atoms with Gasteiger partial charge in [-0.25, -0.2) is 0 Å². The summed E-state index contributed by atoms with van der Waals surface area (Å²) in [5, 5.41) is 7.55. The smallest absolute Gasteiger partial charge is 0.256 e. The minimum absolute atomic E-state index is 0.0573. The predicted molar refractivity (Wildman–Crippen MR) is 164 cm³/mol. The summed E-state index contributed by atoms with van der Waals surface area (Å²) in [6, 6.07) is 29.1. The third-order valence-electron chi connectivity index (χ3n) is 7.60. The summed E-state index contributed by atoms with van der Waals surface area (Å²) in [5.41, 5.74) is 6.95. The van der Waals surface area contributed by atoms with Crippen molar-refractivity contribution in [1.29, 1.82) is 0 Å². The van der Waals surface area contributed by atoms with Crippen LogP contribution in [0.4, 0.5) is 0 Å². The maximum Gasteiger partial charge on any atom is 0.256 e. The fraction of sp³-hybridized carbons (Fsp3) is 0.441. The number of hydrogen-bond donors (Lipinski definition) is 2. The van der Waals surface area contributed by atoms with Gasteiger partial charge in [0.2, 0.25) is 0 Å². The molecule has 4 heteroatoms. The van der Waals surface area contributed by atoms with E-state index in [1.165, 1.54) is 27.8 Å². The molecule has 0 aliphatic carbocycles. The van der Waals surface area contributed by atoms with Crippen LogP contribution in [-0.2, 0) is 22.0 Å². The lowest BCUT2D eigenvalue weighted by Crippen LogP contribution is -2.31. The molecule has 4 rings (SSSR count). The van der Waals surface area contributed by atoms with Gasteiger partial charge in [-0.05, 0) is 57.3 Å². The molecule has 0 bridgehead atoms. The van der Waals surface area contributed by atoms with E-state index in [0.717, 1.165) is 25.9 Å². The Morgan fingerprint density at radius 2 is 1.37 bits per heavy atom. The van der Waals surface area contributed by atoms with Crippen molar-refractivity contribution >= 4 is 17.4 Å². The van der Waals surface area contributed by atoms with Gasteiger partial charge in [0.05, 0.1) is 0 Å². The first kappa shape index (κ1) is 28.3. The molecule has 202 valence electrons. The Labute approximate surface area is 235 Å². The van der Waals surface area contributed by atoms with Crippen LogP contribution >= 0.6 is 12.2 Å². The van der Waals surface area contributed by atoms with Crippen molar-refractivity contribution in [1.82, 2.24) is 10.6 Å². The highest BCUT2D eigenvalue weighted by Crippen LogP contribution is 2.35. The third kappa shape index (κ3) is 7.45. The highest BCUT2D eigenvalue weighted by molar-refractivity contribution is 7.80. The van der Waals surface area contributed by atoms with Crippen molar-refractivity contribution in [2.24, 2.45) is 0 Å². The van der Waals surface area contributed by atoms with Crippen molar-refractivity contribution in [3.63, 3.8) is 0 Å². The van der Waals surface area contributed by atoms with Crippen molar-refractivity contribution in [3.8, 4) is 0 Å². The minimum atomic E-state index is 0.0573. The quantitative estimate of drug-likeness (QED) is 0.316. The maximum atomic E-state index is 6.19. The lowest BCUT2D eigenvalue weighted by atomic mass is 9.80. The molecule has 2 N–H and O–H groups in total. The Morgan fingerprint density at radius 1 is 0.842 bits per heavy atom. The average molecular weight is 529 g/mol. The van der Waals surface area contributed by atoms with Crippen LogP contribution in [0.25, 0.3) is 0 Å². The van der Waals surface area contributed by atoms with Crippen LogP contribution in [0.3, 0.4) is 0 Å². The van der Waals surface area contributed by atoms with E-state index in [9.17, 15) is 0 Å². The van der Waals surface area contributed by atoms with E-state index in [2.05, 4.69) is 125 Å². The molecule has 1 fully saturated rings. The summed E-state index contributed by atoms with van der Waals surface area (Å²) < 4.78 is 6.19. The van der Waals surface area contributed by atoms with Crippen LogP contribution in [0.2, 0.25) is 0 Å². The second kappa shape index (κ2) is 12.0. The first-order valence-corrected chi connectivity index (χ1v) is 14.3. The standard InChI is InChI=1S/C34H44N2OS/c1-33(2,3)27-16-12-25(13-17-27)31(26-14-18-28(19-15-26)34(4,5)6)30-22-29(23-36-30)37-32(38)35-21-20-24-10-8-7-9-11-24/h7-19,29-31,36H,20-23H2,1-6H3,(H,35,38)/t29-,30?/m1/s1. The Balaban J connectivity index is 1.45. The van der Waals surface area contributed by atoms with Gasteiger partial charge in [0.1, 0.15) is 6.10 Å². The molecular weight excluding hydrogens is 484 g/mol. The summed E-state index contributed by atoms with van der Waals surface area (Å²) in [4.78, 5) is 0. The first-order chi connectivity index (χ1) is 18.0. The second-order valence-electron chi connectivity index (χ2n) is 12.7. The number of thiocarbonyl (C=S) groups is 1. The zero-order valence-corrected chi connectivity index (χ0v) is 24.7. The number of nitrogens with one attached hydrogen (secondary N) is 2. The average Bonchev–Trinajstić information content (AvgIpc) is 3.32. The lowest BCUT2D eigenvalue weighted by molar-refractivity contribution is 0.202. The molecular formula is C34H44N2OS. The molecule has 2 atom stereocenters. The molecule has 1 aliphatic heterocycles. The molecule has 0 spiro atoms. The van der Waals surface area contributed by atoms with Gasteiger partial charge in [0.25, 0.3) is 5.17 Å². The maximum absolute atomic E-state index is 6.19. The predicted octanol–water partition coefficient (Wildman–Crippen LogP) is 7.28. The fourth-order valence-electron chi connectivity index (χ4n) is 5.26. The Hall–Kier alpha value is -2.69. The Morgan fingerprint density at radius 3 is 1.87 bits per heavy atom. The number of benzene rings is 3. The van der Waals surface area contributed by atoms with Gasteiger partial charge >= 0.3 is 0 Å². The topological polar surface area (TPSA) is 33.3 Å². The van der Waals surface area contributed by atoms with E-state index < -0.39 is 0 Å². The van der Waals surface area contributed by atoms with E-state index in [4.69, 9.17) is 17.0 Å². The van der Waals surface area contributed by atoms with Crippen LogP contribution in [0, 0.1) is 0 Å². The van der Waals surface area contributed by atoms with Crippen molar-refractivity contribution < 1.29 is 4.74 Å². The van der Waals surface area contributed by atoms with Crippen molar-refractivity contribution in [2.45, 2.75) is 83.3 Å². The summed E-state index contributed by atoms with van der Waals surface area (Å²) in [7, 11) is 0. The van der Waals surface area contributed by atoms with Gasteiger partial charge in [-0.2, -0.15) is 0 Å².